The third kappa shape index (κ3) is 5.06. The molecule has 0 atom stereocenters. The highest BCUT2D eigenvalue weighted by atomic mass is 35.5. The van der Waals surface area contributed by atoms with Crippen molar-refractivity contribution >= 4 is 49.8 Å². The number of nitrogens with one attached hydrogen (secondary N) is 1. The Hall–Kier alpha value is -3.47. The van der Waals surface area contributed by atoms with Gasteiger partial charge in [0, 0.05) is 66.0 Å². The first-order valence-corrected chi connectivity index (χ1v) is 13.6. The molecule has 36 heavy (non-hydrogen) atoms. The Balaban J connectivity index is 1.39. The molecule has 0 saturated carbocycles. The van der Waals surface area contributed by atoms with E-state index in [1.165, 1.54) is 18.2 Å². The van der Waals surface area contributed by atoms with Gasteiger partial charge in [0.05, 0.1) is 4.90 Å². The third-order valence-corrected chi connectivity index (χ3v) is 7.62. The van der Waals surface area contributed by atoms with Crippen LogP contribution in [0.4, 0.5) is 17.3 Å². The lowest BCUT2D eigenvalue weighted by Gasteiger charge is -2.34. The number of likely N-dealkylation sites (N-methyl/N-ethyl adjacent to an activating group) is 1. The predicted molar refractivity (Wildman–Crippen MR) is 140 cm³/mol. The van der Waals surface area contributed by atoms with Crippen LogP contribution in [0.1, 0.15) is 0 Å². The van der Waals surface area contributed by atoms with Gasteiger partial charge in [-0.05, 0) is 67.0 Å². The number of hydrogen-bond donors (Lipinski definition) is 1. The number of nitrogens with zero attached hydrogens (tertiary/aromatic N) is 5. The summed E-state index contributed by atoms with van der Waals surface area (Å²) >= 11 is 6.28. The average Bonchev–Trinajstić information content (AvgIpc) is 2.84. The SMILES string of the molecule is CN1CCN(c2ccc(Nc3ncc4cc(-c5cc(S(C)(=O)=O)ccc5Cl)c([O-])nc4n3)cc2)CC1. The molecule has 3 heterocycles. The normalized spacial score (nSPS) is 14.8. The Labute approximate surface area is 214 Å². The van der Waals surface area contributed by atoms with Crippen molar-refractivity contribution in [1.82, 2.24) is 19.9 Å². The van der Waals surface area contributed by atoms with Gasteiger partial charge >= 0.3 is 0 Å². The van der Waals surface area contributed by atoms with Crippen LogP contribution >= 0.6 is 11.6 Å². The quantitative estimate of drug-likeness (QED) is 0.420. The maximum Gasteiger partial charge on any atom is 0.229 e. The highest BCUT2D eigenvalue weighted by Gasteiger charge is 2.15. The van der Waals surface area contributed by atoms with E-state index in [0.29, 0.717) is 16.9 Å². The molecular formula is C25H24ClN6O3S-. The molecule has 1 saturated heterocycles. The number of fused-ring (bicyclic) bond motifs is 1. The van der Waals surface area contributed by atoms with E-state index in [-0.39, 0.29) is 21.1 Å². The van der Waals surface area contributed by atoms with E-state index in [4.69, 9.17) is 11.6 Å². The van der Waals surface area contributed by atoms with E-state index in [1.54, 1.807) is 12.3 Å². The molecule has 1 aliphatic rings. The molecule has 0 spiro atoms. The fourth-order valence-electron chi connectivity index (χ4n) is 4.09. The van der Waals surface area contributed by atoms with Crippen LogP contribution in [0.25, 0.3) is 22.2 Å². The second-order valence-corrected chi connectivity index (χ2v) is 11.2. The average molecular weight is 524 g/mol. The van der Waals surface area contributed by atoms with Gasteiger partial charge in [-0.1, -0.05) is 11.6 Å². The molecule has 2 aromatic carbocycles. The topological polar surface area (TPSA) is 114 Å². The zero-order valence-electron chi connectivity index (χ0n) is 19.8. The molecule has 9 nitrogen and oxygen atoms in total. The van der Waals surface area contributed by atoms with Crippen LogP contribution < -0.4 is 15.3 Å². The molecule has 0 radical (unpaired) electrons. The number of pyridine rings is 1. The van der Waals surface area contributed by atoms with Gasteiger partial charge in [-0.2, -0.15) is 4.98 Å². The van der Waals surface area contributed by atoms with Crippen molar-refractivity contribution in [2.24, 2.45) is 0 Å². The Morgan fingerprint density at radius 1 is 0.972 bits per heavy atom. The summed E-state index contributed by atoms with van der Waals surface area (Å²) in [6, 6.07) is 13.9. The molecule has 0 bridgehead atoms. The van der Waals surface area contributed by atoms with Gasteiger partial charge in [0.1, 0.15) is 0 Å². The van der Waals surface area contributed by atoms with Gasteiger partial charge in [-0.25, -0.2) is 18.4 Å². The van der Waals surface area contributed by atoms with Crippen LogP contribution in [0, 0.1) is 0 Å². The molecule has 0 unspecified atom stereocenters. The number of benzene rings is 2. The van der Waals surface area contributed by atoms with Crippen LogP contribution in [0.2, 0.25) is 5.02 Å². The minimum Gasteiger partial charge on any atom is -0.858 e. The fourth-order valence-corrected chi connectivity index (χ4v) is 4.96. The van der Waals surface area contributed by atoms with Gasteiger partial charge in [-0.15, -0.1) is 0 Å². The summed E-state index contributed by atoms with van der Waals surface area (Å²) < 4.78 is 23.9. The number of anilines is 3. The first-order valence-electron chi connectivity index (χ1n) is 11.3. The Kier molecular flexibility index (Phi) is 6.42. The largest absolute Gasteiger partial charge is 0.858 e. The maximum absolute atomic E-state index is 12.8. The van der Waals surface area contributed by atoms with Crippen molar-refractivity contribution in [2.45, 2.75) is 4.90 Å². The molecule has 11 heteroatoms. The van der Waals surface area contributed by atoms with E-state index in [0.717, 1.165) is 43.8 Å². The first-order chi connectivity index (χ1) is 17.2. The van der Waals surface area contributed by atoms with Gasteiger partial charge in [0.2, 0.25) is 5.95 Å². The van der Waals surface area contributed by atoms with Crippen LogP contribution in [0.15, 0.2) is 59.6 Å². The Bertz CT molecular complexity index is 1540. The molecule has 1 aliphatic heterocycles. The summed E-state index contributed by atoms with van der Waals surface area (Å²) in [5.74, 6) is -0.247. The summed E-state index contributed by atoms with van der Waals surface area (Å²) in [6.45, 7) is 4.06. The van der Waals surface area contributed by atoms with Gasteiger partial charge in [-0.3, -0.25) is 0 Å². The third-order valence-electron chi connectivity index (χ3n) is 6.18. The molecule has 0 aliphatic carbocycles. The van der Waals surface area contributed by atoms with Gasteiger partial charge in [0.15, 0.2) is 15.5 Å². The van der Waals surface area contributed by atoms with Gasteiger partial charge in [0.25, 0.3) is 0 Å². The number of piperazine rings is 1. The van der Waals surface area contributed by atoms with Crippen LogP contribution in [0.5, 0.6) is 5.88 Å². The number of rotatable bonds is 5. The van der Waals surface area contributed by atoms with E-state index >= 15 is 0 Å². The molecule has 1 fully saturated rings. The summed E-state index contributed by atoms with van der Waals surface area (Å²) in [7, 11) is -1.34. The van der Waals surface area contributed by atoms with Crippen LogP contribution in [-0.4, -0.2) is 67.8 Å². The number of halogens is 1. The molecule has 4 aromatic rings. The standard InChI is InChI=1S/C25H25ClN6O3S/c1-31-9-11-32(12-10-31)18-5-3-17(4-6-18)28-25-27-15-16-13-21(24(33)29-23(16)30-25)20-14-19(36(2,34)35)7-8-22(20)26/h3-8,13-15H,9-12H2,1-2H3,(H2,27,28,29,30,33)/p-1. The summed E-state index contributed by atoms with van der Waals surface area (Å²) in [4.78, 5) is 17.6. The number of sulfone groups is 1. The van der Waals surface area contributed by atoms with Crippen molar-refractivity contribution in [3.8, 4) is 17.0 Å². The highest BCUT2D eigenvalue weighted by molar-refractivity contribution is 7.90. The van der Waals surface area contributed by atoms with Crippen molar-refractivity contribution in [3.63, 3.8) is 0 Å². The Morgan fingerprint density at radius 2 is 1.69 bits per heavy atom. The molecule has 0 amide bonds. The second-order valence-electron chi connectivity index (χ2n) is 8.82. The lowest BCUT2D eigenvalue weighted by atomic mass is 10.1. The van der Waals surface area contributed by atoms with Crippen molar-refractivity contribution in [3.05, 3.63) is 59.8 Å². The van der Waals surface area contributed by atoms with E-state index in [1.807, 2.05) is 12.1 Å². The fraction of sp³-hybridized carbons (Fsp3) is 0.240. The number of hydrogen-bond acceptors (Lipinski definition) is 9. The zero-order chi connectivity index (χ0) is 25.4. The zero-order valence-corrected chi connectivity index (χ0v) is 21.3. The van der Waals surface area contributed by atoms with Crippen LogP contribution in [-0.2, 0) is 9.84 Å². The maximum atomic E-state index is 12.8. The van der Waals surface area contributed by atoms with Crippen LogP contribution in [0.3, 0.4) is 0 Å². The minimum absolute atomic E-state index is 0.0656. The van der Waals surface area contributed by atoms with Crippen molar-refractivity contribution < 1.29 is 13.5 Å². The minimum atomic E-state index is -3.47. The lowest BCUT2D eigenvalue weighted by molar-refractivity contribution is -0.273. The highest BCUT2D eigenvalue weighted by Crippen LogP contribution is 2.35. The number of aromatic nitrogens is 3. The van der Waals surface area contributed by atoms with E-state index in [9.17, 15) is 13.5 Å². The van der Waals surface area contributed by atoms with E-state index < -0.39 is 15.7 Å². The molecular weight excluding hydrogens is 500 g/mol. The van der Waals surface area contributed by atoms with Gasteiger partial charge < -0.3 is 20.2 Å². The lowest BCUT2D eigenvalue weighted by Crippen LogP contribution is -2.44. The predicted octanol–water partition coefficient (Wildman–Crippen LogP) is 3.32. The smallest absolute Gasteiger partial charge is 0.229 e. The van der Waals surface area contributed by atoms with Crippen molar-refractivity contribution in [1.29, 1.82) is 0 Å². The summed E-state index contributed by atoms with van der Waals surface area (Å²) in [5.41, 5.74) is 2.68. The molecule has 186 valence electrons. The summed E-state index contributed by atoms with van der Waals surface area (Å²) in [5, 5.41) is 16.7. The Morgan fingerprint density at radius 3 is 2.39 bits per heavy atom. The molecule has 5 rings (SSSR count). The molecule has 1 N–H and O–H groups in total. The monoisotopic (exact) mass is 523 g/mol. The first kappa shape index (κ1) is 24.2. The van der Waals surface area contributed by atoms with Crippen molar-refractivity contribution in [2.75, 3.05) is 49.7 Å². The second kappa shape index (κ2) is 9.53. The van der Waals surface area contributed by atoms with E-state index in [2.05, 4.69) is 49.2 Å². The summed E-state index contributed by atoms with van der Waals surface area (Å²) in [6.07, 6.45) is 2.66. The molecule has 2 aromatic heterocycles.